The Balaban J connectivity index is 0.000000671. The Morgan fingerprint density at radius 3 is 2.46 bits per heavy atom. The van der Waals surface area contributed by atoms with E-state index in [0.717, 1.165) is 0 Å². The second-order valence-electron chi connectivity index (χ2n) is 2.24. The molecule has 3 N–H and O–H groups in total. The predicted molar refractivity (Wildman–Crippen MR) is 55.7 cm³/mol. The first-order chi connectivity index (χ1) is 6.13. The van der Waals surface area contributed by atoms with Crippen molar-refractivity contribution in [2.45, 2.75) is 20.8 Å². The molecule has 72 valence electrons. The molecular formula is C9H16N4. The Hall–Kier alpha value is -1.58. The summed E-state index contributed by atoms with van der Waals surface area (Å²) >= 11 is 0. The van der Waals surface area contributed by atoms with Crippen LogP contribution >= 0.6 is 0 Å². The summed E-state index contributed by atoms with van der Waals surface area (Å²) in [4.78, 5) is 1.44. The highest BCUT2D eigenvalue weighted by Gasteiger charge is 2.14. The number of nitrogens with zero attached hydrogens (tertiary/aromatic N) is 1. The zero-order valence-corrected chi connectivity index (χ0v) is 8.31. The lowest BCUT2D eigenvalue weighted by Crippen LogP contribution is -2.37. The minimum atomic E-state index is 0.222. The van der Waals surface area contributed by atoms with Crippen molar-refractivity contribution in [2.75, 3.05) is 0 Å². The zero-order valence-electron chi connectivity index (χ0n) is 8.31. The van der Waals surface area contributed by atoms with Gasteiger partial charge in [0.05, 0.1) is 5.70 Å². The monoisotopic (exact) mass is 180 g/mol. The van der Waals surface area contributed by atoms with E-state index in [2.05, 4.69) is 11.9 Å². The van der Waals surface area contributed by atoms with Crippen LogP contribution < -0.4 is 5.32 Å². The van der Waals surface area contributed by atoms with Gasteiger partial charge in [-0.1, -0.05) is 20.4 Å². The summed E-state index contributed by atoms with van der Waals surface area (Å²) in [5, 5.41) is 17.5. The van der Waals surface area contributed by atoms with E-state index in [4.69, 9.17) is 10.8 Å². The zero-order chi connectivity index (χ0) is 10.4. The molecule has 1 rings (SSSR count). The fourth-order valence-corrected chi connectivity index (χ4v) is 0.780. The van der Waals surface area contributed by atoms with Crippen molar-refractivity contribution < 1.29 is 0 Å². The van der Waals surface area contributed by atoms with Crippen LogP contribution in [-0.2, 0) is 0 Å². The fraction of sp³-hybridized carbons (Fsp3) is 0.333. The standard InChI is InChI=1S/C7H10N4.C2H6/c1-5-7(9)11(6(2)8)4-3-10-5;1-2/h3-4,8-10H,1H2,2H3;1-2H3. The third kappa shape index (κ3) is 2.74. The van der Waals surface area contributed by atoms with Crippen LogP contribution in [0.25, 0.3) is 0 Å². The second kappa shape index (κ2) is 5.13. The summed E-state index contributed by atoms with van der Waals surface area (Å²) in [5.41, 5.74) is 0.513. The molecule has 0 amide bonds. The summed E-state index contributed by atoms with van der Waals surface area (Å²) in [7, 11) is 0. The Morgan fingerprint density at radius 1 is 1.54 bits per heavy atom. The lowest BCUT2D eigenvalue weighted by Gasteiger charge is -2.24. The number of amidine groups is 2. The molecule has 0 bridgehead atoms. The van der Waals surface area contributed by atoms with Gasteiger partial charge in [-0.3, -0.25) is 15.7 Å². The molecule has 1 heterocycles. The van der Waals surface area contributed by atoms with E-state index in [9.17, 15) is 0 Å². The van der Waals surface area contributed by atoms with Gasteiger partial charge in [-0.2, -0.15) is 0 Å². The molecule has 0 spiro atoms. The highest BCUT2D eigenvalue weighted by atomic mass is 15.2. The van der Waals surface area contributed by atoms with Gasteiger partial charge < -0.3 is 5.32 Å². The molecule has 0 aliphatic carbocycles. The second-order valence-corrected chi connectivity index (χ2v) is 2.24. The highest BCUT2D eigenvalue weighted by molar-refractivity contribution is 6.07. The summed E-state index contributed by atoms with van der Waals surface area (Å²) in [6.45, 7) is 9.23. The third-order valence-electron chi connectivity index (χ3n) is 1.37. The molecule has 0 fully saturated rings. The third-order valence-corrected chi connectivity index (χ3v) is 1.37. The minimum Gasteiger partial charge on any atom is -0.358 e. The molecule has 0 saturated heterocycles. The summed E-state index contributed by atoms with van der Waals surface area (Å²) in [6, 6.07) is 0. The molecule has 1 aliphatic heterocycles. The number of rotatable bonds is 0. The molecule has 0 atom stereocenters. The predicted octanol–water partition coefficient (Wildman–Crippen LogP) is 1.88. The first-order valence-corrected chi connectivity index (χ1v) is 4.18. The van der Waals surface area contributed by atoms with Crippen molar-refractivity contribution >= 4 is 11.7 Å². The van der Waals surface area contributed by atoms with Gasteiger partial charge in [0.1, 0.15) is 5.84 Å². The van der Waals surface area contributed by atoms with Crippen LogP contribution in [0.15, 0.2) is 24.7 Å². The summed E-state index contributed by atoms with van der Waals surface area (Å²) in [6.07, 6.45) is 3.28. The topological polar surface area (TPSA) is 63.0 Å². The lowest BCUT2D eigenvalue weighted by atomic mass is 10.3. The van der Waals surface area contributed by atoms with Gasteiger partial charge >= 0.3 is 0 Å². The maximum Gasteiger partial charge on any atom is 0.153 e. The van der Waals surface area contributed by atoms with Crippen LogP contribution in [0.3, 0.4) is 0 Å². The van der Waals surface area contributed by atoms with E-state index >= 15 is 0 Å². The fourth-order valence-electron chi connectivity index (χ4n) is 0.780. The van der Waals surface area contributed by atoms with Crippen molar-refractivity contribution in [3.8, 4) is 0 Å². The number of hydrogen-bond donors (Lipinski definition) is 3. The largest absolute Gasteiger partial charge is 0.358 e. The van der Waals surface area contributed by atoms with Crippen LogP contribution in [0, 0.1) is 10.8 Å². The molecule has 13 heavy (non-hydrogen) atoms. The van der Waals surface area contributed by atoms with Gasteiger partial charge in [0.2, 0.25) is 0 Å². The van der Waals surface area contributed by atoms with Gasteiger partial charge in [-0.25, -0.2) is 0 Å². The Bertz CT molecular complexity index is 252. The van der Waals surface area contributed by atoms with Crippen molar-refractivity contribution in [2.24, 2.45) is 0 Å². The van der Waals surface area contributed by atoms with Crippen LogP contribution in [0.4, 0.5) is 0 Å². The SMILES string of the molecule is C=C1NC=CN(C(C)=N)C1=N.CC. The molecule has 0 aromatic heterocycles. The van der Waals surface area contributed by atoms with E-state index in [-0.39, 0.29) is 5.84 Å². The molecule has 0 unspecified atom stereocenters. The molecule has 0 aromatic rings. The van der Waals surface area contributed by atoms with Crippen LogP contribution in [-0.4, -0.2) is 16.6 Å². The average Bonchev–Trinajstić information content (AvgIpc) is 2.13. The van der Waals surface area contributed by atoms with E-state index in [1.165, 1.54) is 4.90 Å². The van der Waals surface area contributed by atoms with Crippen molar-refractivity contribution in [3.05, 3.63) is 24.7 Å². The summed E-state index contributed by atoms with van der Waals surface area (Å²) in [5.74, 6) is 0.536. The average molecular weight is 180 g/mol. The molecule has 0 radical (unpaired) electrons. The smallest absolute Gasteiger partial charge is 0.153 e. The molecule has 4 nitrogen and oxygen atoms in total. The van der Waals surface area contributed by atoms with Gasteiger partial charge in [-0.05, 0) is 6.92 Å². The number of nitrogens with one attached hydrogen (secondary N) is 3. The Morgan fingerprint density at radius 2 is 2.08 bits per heavy atom. The van der Waals surface area contributed by atoms with Crippen LogP contribution in [0.2, 0.25) is 0 Å². The van der Waals surface area contributed by atoms with E-state index < -0.39 is 0 Å². The van der Waals surface area contributed by atoms with Gasteiger partial charge in [0.15, 0.2) is 5.84 Å². The number of hydrogen-bond acceptors (Lipinski definition) is 3. The van der Waals surface area contributed by atoms with E-state index in [1.807, 2.05) is 13.8 Å². The minimum absolute atomic E-state index is 0.222. The van der Waals surface area contributed by atoms with Gasteiger partial charge in [-0.15, -0.1) is 0 Å². The molecule has 0 aromatic carbocycles. The quantitative estimate of drug-likeness (QED) is 0.393. The van der Waals surface area contributed by atoms with Gasteiger partial charge in [0.25, 0.3) is 0 Å². The van der Waals surface area contributed by atoms with Gasteiger partial charge in [0, 0.05) is 12.4 Å². The highest BCUT2D eigenvalue weighted by Crippen LogP contribution is 2.04. The van der Waals surface area contributed by atoms with E-state index in [0.29, 0.717) is 11.5 Å². The molecular weight excluding hydrogens is 164 g/mol. The normalized spacial score (nSPS) is 14.5. The lowest BCUT2D eigenvalue weighted by molar-refractivity contribution is 0.760. The summed E-state index contributed by atoms with van der Waals surface area (Å²) < 4.78 is 0. The first kappa shape index (κ1) is 11.4. The molecule has 1 aliphatic rings. The van der Waals surface area contributed by atoms with Crippen LogP contribution in [0.5, 0.6) is 0 Å². The van der Waals surface area contributed by atoms with Crippen molar-refractivity contribution in [1.82, 2.24) is 10.2 Å². The molecule has 0 saturated carbocycles. The van der Waals surface area contributed by atoms with E-state index in [1.54, 1.807) is 19.3 Å². The van der Waals surface area contributed by atoms with Crippen molar-refractivity contribution in [3.63, 3.8) is 0 Å². The maximum absolute atomic E-state index is 7.45. The Kier molecular flexibility index (Phi) is 4.51. The molecule has 4 heteroatoms. The first-order valence-electron chi connectivity index (χ1n) is 4.18. The van der Waals surface area contributed by atoms with Crippen LogP contribution in [0.1, 0.15) is 20.8 Å². The maximum atomic E-state index is 7.45. The van der Waals surface area contributed by atoms with Crippen molar-refractivity contribution in [1.29, 1.82) is 10.8 Å². The Labute approximate surface area is 79.0 Å².